The second-order valence-corrected chi connectivity index (χ2v) is 7.39. The van der Waals surface area contributed by atoms with Crippen LogP contribution in [-0.2, 0) is 16.1 Å². The molecule has 1 aromatic rings. The number of aliphatic carboxylic acids is 1. The van der Waals surface area contributed by atoms with Crippen LogP contribution in [-0.4, -0.2) is 16.9 Å². The molecule has 0 aliphatic heterocycles. The maximum atomic E-state index is 11.0. The van der Waals surface area contributed by atoms with E-state index in [2.05, 4.69) is 19.1 Å². The van der Waals surface area contributed by atoms with E-state index in [-0.39, 0.29) is 18.2 Å². The van der Waals surface area contributed by atoms with Gasteiger partial charge >= 0.3 is 5.97 Å². The summed E-state index contributed by atoms with van der Waals surface area (Å²) in [5.41, 5.74) is 8.61. The molecule has 0 heterocycles. The Bertz CT molecular complexity index is 749. The van der Waals surface area contributed by atoms with Crippen molar-refractivity contribution >= 4 is 11.8 Å². The molecule has 0 bridgehead atoms. The molecule has 26 heavy (non-hydrogen) atoms. The molecule has 0 aromatic heterocycles. The van der Waals surface area contributed by atoms with Gasteiger partial charge in [-0.2, -0.15) is 0 Å². The van der Waals surface area contributed by atoms with Gasteiger partial charge in [-0.05, 0) is 54.7 Å². The molecule has 5 heteroatoms. The summed E-state index contributed by atoms with van der Waals surface area (Å²) >= 11 is 0. The van der Waals surface area contributed by atoms with Crippen LogP contribution in [0.1, 0.15) is 43.7 Å². The van der Waals surface area contributed by atoms with Crippen molar-refractivity contribution in [2.75, 3.05) is 0 Å². The topological polar surface area (TPSA) is 96.4 Å². The lowest BCUT2D eigenvalue weighted by Crippen LogP contribution is -2.26. The Morgan fingerprint density at radius 3 is 2.73 bits per heavy atom. The molecule has 0 amide bonds. The molecule has 3 atom stereocenters. The zero-order valence-electron chi connectivity index (χ0n) is 15.1. The predicted octanol–water partition coefficient (Wildman–Crippen LogP) is 3.84. The van der Waals surface area contributed by atoms with Crippen molar-refractivity contribution in [1.82, 2.24) is 0 Å². The molecule has 0 spiro atoms. The smallest absolute Gasteiger partial charge is 0.303 e. The highest BCUT2D eigenvalue weighted by Crippen LogP contribution is 2.42. The third kappa shape index (κ3) is 4.34. The number of amidine groups is 1. The van der Waals surface area contributed by atoms with E-state index in [0.29, 0.717) is 24.0 Å². The van der Waals surface area contributed by atoms with Gasteiger partial charge in [-0.3, -0.25) is 10.2 Å². The highest BCUT2D eigenvalue weighted by molar-refractivity contribution is 5.94. The van der Waals surface area contributed by atoms with Gasteiger partial charge < -0.3 is 15.6 Å². The summed E-state index contributed by atoms with van der Waals surface area (Å²) in [5.74, 6) is 1.36. The summed E-state index contributed by atoms with van der Waals surface area (Å²) in [7, 11) is 0. The van der Waals surface area contributed by atoms with Gasteiger partial charge in [-0.25, -0.2) is 0 Å². The monoisotopic (exact) mass is 354 g/mol. The van der Waals surface area contributed by atoms with Crippen LogP contribution in [0, 0.1) is 23.2 Å². The number of nitrogen functional groups attached to an aromatic ring is 1. The number of benzene rings is 1. The van der Waals surface area contributed by atoms with Crippen molar-refractivity contribution in [2.45, 2.75) is 39.2 Å². The molecule has 2 aliphatic carbocycles. The van der Waals surface area contributed by atoms with E-state index >= 15 is 0 Å². The van der Waals surface area contributed by atoms with Gasteiger partial charge in [-0.1, -0.05) is 36.8 Å². The summed E-state index contributed by atoms with van der Waals surface area (Å²) in [4.78, 5) is 11.0. The van der Waals surface area contributed by atoms with E-state index < -0.39 is 5.97 Å². The Labute approximate surface area is 154 Å². The van der Waals surface area contributed by atoms with Crippen molar-refractivity contribution in [2.24, 2.45) is 23.5 Å². The zero-order chi connectivity index (χ0) is 18.7. The fourth-order valence-electron chi connectivity index (χ4n) is 3.99. The molecule has 1 saturated carbocycles. The van der Waals surface area contributed by atoms with Gasteiger partial charge in [0.05, 0.1) is 0 Å². The van der Waals surface area contributed by atoms with Crippen LogP contribution in [0.4, 0.5) is 0 Å². The Kier molecular flexibility index (Phi) is 5.45. The quantitative estimate of drug-likeness (QED) is 0.534. The van der Waals surface area contributed by atoms with Crippen molar-refractivity contribution in [3.05, 3.63) is 58.9 Å². The Hall–Kier alpha value is -2.56. The van der Waals surface area contributed by atoms with E-state index in [0.717, 1.165) is 30.6 Å². The zero-order valence-corrected chi connectivity index (χ0v) is 15.1. The summed E-state index contributed by atoms with van der Waals surface area (Å²) in [5, 5.41) is 16.5. The molecular formula is C21H26N2O3. The number of carbonyl (C=O) groups is 1. The summed E-state index contributed by atoms with van der Waals surface area (Å²) in [6, 6.07) is 7.52. The first-order valence-electron chi connectivity index (χ1n) is 9.12. The first-order valence-corrected chi connectivity index (χ1v) is 9.12. The Morgan fingerprint density at radius 2 is 2.08 bits per heavy atom. The molecule has 1 fully saturated rings. The lowest BCUT2D eigenvalue weighted by molar-refractivity contribution is -0.138. The summed E-state index contributed by atoms with van der Waals surface area (Å²) < 4.78 is 5.99. The molecule has 0 radical (unpaired) electrons. The average molecular weight is 354 g/mol. The molecule has 2 aliphatic rings. The SMILES string of the molecule is CC1C=C(OCc2ccc(C(=N)N)cc2)C=C2CCC(CC(=O)O)CC21. The van der Waals surface area contributed by atoms with E-state index in [1.807, 2.05) is 24.3 Å². The van der Waals surface area contributed by atoms with Gasteiger partial charge in [0.2, 0.25) is 0 Å². The van der Waals surface area contributed by atoms with Crippen LogP contribution >= 0.6 is 0 Å². The number of carboxylic acids is 1. The van der Waals surface area contributed by atoms with E-state index in [4.69, 9.17) is 21.0 Å². The highest BCUT2D eigenvalue weighted by Gasteiger charge is 2.32. The van der Waals surface area contributed by atoms with Crippen LogP contribution < -0.4 is 5.73 Å². The maximum absolute atomic E-state index is 11.0. The number of fused-ring (bicyclic) bond motifs is 1. The number of carboxylic acid groups (broad SMARTS) is 1. The Morgan fingerprint density at radius 1 is 1.35 bits per heavy atom. The van der Waals surface area contributed by atoms with Crippen LogP contribution in [0.15, 0.2) is 47.7 Å². The van der Waals surface area contributed by atoms with Gasteiger partial charge in [0.1, 0.15) is 18.2 Å². The van der Waals surface area contributed by atoms with Crippen LogP contribution in [0.25, 0.3) is 0 Å². The fraction of sp³-hybridized carbons (Fsp3) is 0.429. The maximum Gasteiger partial charge on any atom is 0.303 e. The minimum absolute atomic E-state index is 0.0653. The molecule has 0 saturated heterocycles. The lowest BCUT2D eigenvalue weighted by atomic mass is 9.69. The van der Waals surface area contributed by atoms with Crippen LogP contribution in [0.2, 0.25) is 0 Å². The van der Waals surface area contributed by atoms with Gasteiger partial charge in [0.15, 0.2) is 0 Å². The summed E-state index contributed by atoms with van der Waals surface area (Å²) in [6.45, 7) is 2.67. The van der Waals surface area contributed by atoms with Crippen LogP contribution in [0.3, 0.4) is 0 Å². The molecule has 5 nitrogen and oxygen atoms in total. The van der Waals surface area contributed by atoms with E-state index in [1.54, 1.807) is 0 Å². The molecule has 138 valence electrons. The average Bonchev–Trinajstić information content (AvgIpc) is 2.60. The molecule has 4 N–H and O–H groups in total. The largest absolute Gasteiger partial charge is 0.489 e. The first-order chi connectivity index (χ1) is 12.4. The van der Waals surface area contributed by atoms with Crippen molar-refractivity contribution in [3.8, 4) is 0 Å². The Balaban J connectivity index is 1.60. The number of allylic oxidation sites excluding steroid dienone is 3. The molecule has 3 unspecified atom stereocenters. The van der Waals surface area contributed by atoms with Crippen molar-refractivity contribution in [1.29, 1.82) is 5.41 Å². The van der Waals surface area contributed by atoms with Gasteiger partial charge in [0.25, 0.3) is 0 Å². The number of hydrogen-bond acceptors (Lipinski definition) is 3. The predicted molar refractivity (Wildman–Crippen MR) is 101 cm³/mol. The molecular weight excluding hydrogens is 328 g/mol. The van der Waals surface area contributed by atoms with Crippen molar-refractivity contribution < 1.29 is 14.6 Å². The fourth-order valence-corrected chi connectivity index (χ4v) is 3.99. The van der Waals surface area contributed by atoms with Crippen LogP contribution in [0.5, 0.6) is 0 Å². The molecule has 1 aromatic carbocycles. The minimum Gasteiger partial charge on any atom is -0.489 e. The number of nitrogens with one attached hydrogen (secondary N) is 1. The number of hydrogen-bond donors (Lipinski definition) is 3. The second-order valence-electron chi connectivity index (χ2n) is 7.39. The minimum atomic E-state index is -0.693. The first kappa shape index (κ1) is 18.2. The van der Waals surface area contributed by atoms with Gasteiger partial charge in [0, 0.05) is 12.0 Å². The summed E-state index contributed by atoms with van der Waals surface area (Å²) in [6.07, 6.45) is 7.43. The van der Waals surface area contributed by atoms with Crippen molar-refractivity contribution in [3.63, 3.8) is 0 Å². The standard InChI is InChI=1S/C21H26N2O3/c1-13-8-18(26-12-14-2-5-16(6-3-14)21(22)23)11-17-7-4-15(9-19(13)17)10-20(24)25/h2-3,5-6,8,11,13,15,19H,4,7,9-10,12H2,1H3,(H3,22,23)(H,24,25). The lowest BCUT2D eigenvalue weighted by Gasteiger charge is -2.36. The number of nitrogens with two attached hydrogens (primary N) is 1. The second kappa shape index (κ2) is 7.77. The molecule has 3 rings (SSSR count). The van der Waals surface area contributed by atoms with Gasteiger partial charge in [-0.15, -0.1) is 0 Å². The number of ether oxygens (including phenoxy) is 1. The third-order valence-corrected chi connectivity index (χ3v) is 5.43. The normalized spacial score (nSPS) is 24.9. The highest BCUT2D eigenvalue weighted by atomic mass is 16.5. The number of rotatable bonds is 6. The third-order valence-electron chi connectivity index (χ3n) is 5.43. The van der Waals surface area contributed by atoms with E-state index in [9.17, 15) is 4.79 Å². The van der Waals surface area contributed by atoms with E-state index in [1.165, 1.54) is 5.57 Å².